The summed E-state index contributed by atoms with van der Waals surface area (Å²) in [6.45, 7) is 1.58. The van der Waals surface area contributed by atoms with Gasteiger partial charge in [0.25, 0.3) is 5.91 Å². The van der Waals surface area contributed by atoms with Crippen molar-refractivity contribution in [3.05, 3.63) is 29.3 Å². The van der Waals surface area contributed by atoms with E-state index in [0.29, 0.717) is 5.69 Å². The molecule has 0 aromatic carbocycles. The van der Waals surface area contributed by atoms with Crippen molar-refractivity contribution < 1.29 is 19.2 Å². The lowest BCUT2D eigenvalue weighted by Crippen LogP contribution is -2.27. The van der Waals surface area contributed by atoms with E-state index >= 15 is 0 Å². The monoisotopic (exact) mass is 267 g/mol. The van der Waals surface area contributed by atoms with Crippen LogP contribution in [0.1, 0.15) is 26.5 Å². The fraction of sp³-hybridized carbons (Fsp3) is 0.200. The number of aromatic nitrogens is 2. The van der Waals surface area contributed by atoms with Gasteiger partial charge in [-0.25, -0.2) is 4.79 Å². The second kappa shape index (κ2) is 4.57. The van der Waals surface area contributed by atoms with E-state index in [1.165, 1.54) is 24.3 Å². The molecule has 0 bridgehead atoms. The van der Waals surface area contributed by atoms with Crippen LogP contribution >= 0.6 is 11.5 Å². The van der Waals surface area contributed by atoms with Crippen LogP contribution in [0.15, 0.2) is 16.9 Å². The van der Waals surface area contributed by atoms with Crippen molar-refractivity contribution in [3.63, 3.8) is 0 Å². The van der Waals surface area contributed by atoms with Crippen LogP contribution in [0.4, 0.5) is 5.00 Å². The van der Waals surface area contributed by atoms with Crippen LogP contribution in [0.5, 0.6) is 0 Å². The maximum atomic E-state index is 12.0. The zero-order valence-electron chi connectivity index (χ0n) is 9.58. The van der Waals surface area contributed by atoms with Crippen LogP contribution in [-0.2, 0) is 0 Å². The number of carboxylic acid groups (broad SMARTS) is 1. The van der Waals surface area contributed by atoms with Gasteiger partial charge in [-0.3, -0.25) is 9.69 Å². The van der Waals surface area contributed by atoms with E-state index in [1.54, 1.807) is 6.92 Å². The molecule has 1 N–H and O–H groups in total. The lowest BCUT2D eigenvalue weighted by molar-refractivity contribution is 0.0697. The van der Waals surface area contributed by atoms with Crippen molar-refractivity contribution in [2.75, 3.05) is 11.9 Å². The molecule has 7 nitrogen and oxygen atoms in total. The second-order valence-electron chi connectivity index (χ2n) is 3.50. The molecule has 0 saturated carbocycles. The topological polar surface area (TPSA) is 96.5 Å². The van der Waals surface area contributed by atoms with Crippen LogP contribution < -0.4 is 4.90 Å². The summed E-state index contributed by atoms with van der Waals surface area (Å²) in [5.41, 5.74) is 0.515. The van der Waals surface area contributed by atoms with Crippen molar-refractivity contribution in [1.82, 2.24) is 9.53 Å². The van der Waals surface area contributed by atoms with E-state index < -0.39 is 11.9 Å². The summed E-state index contributed by atoms with van der Waals surface area (Å²) in [4.78, 5) is 24.3. The molecule has 2 rings (SSSR count). The van der Waals surface area contributed by atoms with Crippen LogP contribution in [0.3, 0.4) is 0 Å². The zero-order chi connectivity index (χ0) is 13.3. The fourth-order valence-corrected chi connectivity index (χ4v) is 2.27. The van der Waals surface area contributed by atoms with Crippen molar-refractivity contribution in [3.8, 4) is 0 Å². The lowest BCUT2D eigenvalue weighted by atomic mass is 10.2. The zero-order valence-corrected chi connectivity index (χ0v) is 10.4. The summed E-state index contributed by atoms with van der Waals surface area (Å²) in [5, 5.41) is 12.9. The van der Waals surface area contributed by atoms with Gasteiger partial charge < -0.3 is 9.63 Å². The third-order valence-electron chi connectivity index (χ3n) is 2.32. The van der Waals surface area contributed by atoms with Crippen LogP contribution in [0.2, 0.25) is 0 Å². The molecule has 18 heavy (non-hydrogen) atoms. The minimum absolute atomic E-state index is 0.0272. The first-order valence-electron chi connectivity index (χ1n) is 4.90. The Morgan fingerprint density at radius 2 is 2.22 bits per heavy atom. The number of carbonyl (C=O) groups is 2. The van der Waals surface area contributed by atoms with Crippen molar-refractivity contribution in [2.24, 2.45) is 0 Å². The average molecular weight is 267 g/mol. The SMILES string of the molecule is Cc1nsc(N(C)C(=O)c2ccon2)c1C(=O)O. The predicted molar refractivity (Wildman–Crippen MR) is 63.0 cm³/mol. The quantitative estimate of drug-likeness (QED) is 0.903. The highest BCUT2D eigenvalue weighted by molar-refractivity contribution is 7.11. The molecule has 2 heterocycles. The summed E-state index contributed by atoms with van der Waals surface area (Å²) < 4.78 is 8.52. The van der Waals surface area contributed by atoms with E-state index in [-0.39, 0.29) is 16.3 Å². The first kappa shape index (κ1) is 12.2. The molecule has 0 fully saturated rings. The first-order chi connectivity index (χ1) is 8.52. The Morgan fingerprint density at radius 1 is 1.50 bits per heavy atom. The van der Waals surface area contributed by atoms with Crippen molar-refractivity contribution in [1.29, 1.82) is 0 Å². The molecule has 0 unspecified atom stereocenters. The van der Waals surface area contributed by atoms with Crippen LogP contribution in [-0.4, -0.2) is 33.6 Å². The van der Waals surface area contributed by atoms with Gasteiger partial charge in [-0.15, -0.1) is 0 Å². The highest BCUT2D eigenvalue weighted by Crippen LogP contribution is 2.28. The Bertz CT molecular complexity index is 590. The van der Waals surface area contributed by atoms with Gasteiger partial charge in [0.2, 0.25) is 0 Å². The van der Waals surface area contributed by atoms with Gasteiger partial charge in [0.05, 0.1) is 5.69 Å². The lowest BCUT2D eigenvalue weighted by Gasteiger charge is -2.13. The summed E-state index contributed by atoms with van der Waals surface area (Å²) >= 11 is 0.954. The van der Waals surface area contributed by atoms with E-state index in [0.717, 1.165) is 11.5 Å². The van der Waals surface area contributed by atoms with Gasteiger partial charge in [-0.1, -0.05) is 5.16 Å². The predicted octanol–water partition coefficient (Wildman–Crippen LogP) is 1.41. The standard InChI is InChI=1S/C10H9N3O4S/c1-5-7(10(15)16)9(18-12-5)13(2)8(14)6-3-4-17-11-6/h3-4H,1-2H3,(H,15,16). The number of hydrogen-bond donors (Lipinski definition) is 1. The van der Waals surface area contributed by atoms with E-state index in [4.69, 9.17) is 5.11 Å². The van der Waals surface area contributed by atoms with Crippen LogP contribution in [0.25, 0.3) is 0 Å². The summed E-state index contributed by atoms with van der Waals surface area (Å²) in [5.74, 6) is -1.56. The maximum Gasteiger partial charge on any atom is 0.340 e. The molecule has 0 atom stereocenters. The molecule has 8 heteroatoms. The highest BCUT2D eigenvalue weighted by atomic mass is 32.1. The van der Waals surface area contributed by atoms with Crippen molar-refractivity contribution in [2.45, 2.75) is 6.92 Å². The highest BCUT2D eigenvalue weighted by Gasteiger charge is 2.25. The Morgan fingerprint density at radius 3 is 2.78 bits per heavy atom. The van der Waals surface area contributed by atoms with Gasteiger partial charge in [-0.05, 0) is 18.5 Å². The molecule has 1 amide bonds. The molecule has 0 aliphatic carbocycles. The van der Waals surface area contributed by atoms with Gasteiger partial charge in [-0.2, -0.15) is 4.37 Å². The summed E-state index contributed by atoms with van der Waals surface area (Å²) in [6.07, 6.45) is 1.27. The molecule has 0 spiro atoms. The Hall–Kier alpha value is -2.22. The smallest absolute Gasteiger partial charge is 0.340 e. The van der Waals surface area contributed by atoms with Gasteiger partial charge in [0, 0.05) is 13.1 Å². The number of aromatic carboxylic acids is 1. The number of nitrogens with zero attached hydrogens (tertiary/aromatic N) is 3. The van der Waals surface area contributed by atoms with Gasteiger partial charge >= 0.3 is 5.97 Å². The molecular weight excluding hydrogens is 258 g/mol. The second-order valence-corrected chi connectivity index (χ2v) is 4.25. The number of aryl methyl sites for hydroxylation is 1. The van der Waals surface area contributed by atoms with Gasteiger partial charge in [0.15, 0.2) is 5.69 Å². The fourth-order valence-electron chi connectivity index (χ4n) is 1.42. The number of carboxylic acids is 1. The number of hydrogen-bond acceptors (Lipinski definition) is 6. The Kier molecular flexibility index (Phi) is 3.11. The molecule has 2 aromatic heterocycles. The molecule has 0 saturated heterocycles. The van der Waals surface area contributed by atoms with E-state index in [9.17, 15) is 9.59 Å². The minimum Gasteiger partial charge on any atom is -0.478 e. The molecule has 0 aliphatic rings. The molecule has 0 aliphatic heterocycles. The maximum absolute atomic E-state index is 12.0. The summed E-state index contributed by atoms with van der Waals surface area (Å²) in [7, 11) is 1.47. The Labute approximate surface area is 106 Å². The third-order valence-corrected chi connectivity index (χ3v) is 3.34. The third kappa shape index (κ3) is 1.97. The molecule has 0 radical (unpaired) electrons. The molecule has 2 aromatic rings. The largest absolute Gasteiger partial charge is 0.478 e. The normalized spacial score (nSPS) is 10.3. The van der Waals surface area contributed by atoms with E-state index in [1.807, 2.05) is 0 Å². The molecular formula is C10H9N3O4S. The first-order valence-corrected chi connectivity index (χ1v) is 5.67. The minimum atomic E-state index is -1.11. The van der Waals surface area contributed by atoms with Crippen molar-refractivity contribution >= 4 is 28.4 Å². The van der Waals surface area contributed by atoms with Crippen LogP contribution in [0, 0.1) is 6.92 Å². The number of amides is 1. The van der Waals surface area contributed by atoms with Gasteiger partial charge in [0.1, 0.15) is 16.8 Å². The summed E-state index contributed by atoms with van der Waals surface area (Å²) in [6, 6.07) is 1.41. The number of carbonyl (C=O) groups excluding carboxylic acids is 1. The average Bonchev–Trinajstić information content (AvgIpc) is 2.95. The number of rotatable bonds is 3. The Balaban J connectivity index is 2.38. The van der Waals surface area contributed by atoms with E-state index in [2.05, 4.69) is 14.1 Å². The number of anilines is 1. The molecule has 94 valence electrons.